The summed E-state index contributed by atoms with van der Waals surface area (Å²) in [5.74, 6) is 4.02. The summed E-state index contributed by atoms with van der Waals surface area (Å²) in [5, 5.41) is 0. The molecule has 3 saturated carbocycles. The molecular formula is C22H40O2. The van der Waals surface area contributed by atoms with Gasteiger partial charge in [0.25, 0.3) is 0 Å². The molecule has 3 aliphatic carbocycles. The Bertz CT molecular complexity index is 428. The minimum atomic E-state index is -0.0245. The molecule has 0 aromatic heterocycles. The molecule has 0 aromatic carbocycles. The lowest BCUT2D eigenvalue weighted by molar-refractivity contribution is -0.188. The van der Waals surface area contributed by atoms with Crippen molar-refractivity contribution >= 4 is 0 Å². The summed E-state index contributed by atoms with van der Waals surface area (Å²) in [4.78, 5) is 0. The summed E-state index contributed by atoms with van der Waals surface area (Å²) in [6.07, 6.45) is 11.2. The lowest BCUT2D eigenvalue weighted by atomic mass is 9.48. The van der Waals surface area contributed by atoms with E-state index in [-0.39, 0.29) is 6.29 Å². The van der Waals surface area contributed by atoms with Crippen LogP contribution in [0.5, 0.6) is 0 Å². The first kappa shape index (κ1) is 18.7. The van der Waals surface area contributed by atoms with Gasteiger partial charge >= 0.3 is 0 Å². The van der Waals surface area contributed by atoms with Crippen molar-refractivity contribution < 1.29 is 9.47 Å². The van der Waals surface area contributed by atoms with Crippen molar-refractivity contribution in [1.29, 1.82) is 0 Å². The Morgan fingerprint density at radius 2 is 1.58 bits per heavy atom. The normalized spacial score (nSPS) is 45.4. The zero-order valence-corrected chi connectivity index (χ0v) is 16.9. The topological polar surface area (TPSA) is 18.5 Å². The Hall–Kier alpha value is -0.0800. The molecule has 0 spiro atoms. The lowest BCUT2D eigenvalue weighted by Crippen LogP contribution is -2.51. The minimum absolute atomic E-state index is 0.0245. The predicted octanol–water partition coefficient (Wildman–Crippen LogP) is 5.90. The molecule has 2 nitrogen and oxygen atoms in total. The first-order chi connectivity index (χ1) is 11.3. The largest absolute Gasteiger partial charge is 0.356 e. The molecule has 6 atom stereocenters. The van der Waals surface area contributed by atoms with Crippen LogP contribution >= 0.6 is 0 Å². The van der Waals surface area contributed by atoms with Gasteiger partial charge in [0.2, 0.25) is 0 Å². The molecule has 0 radical (unpaired) electrons. The molecule has 24 heavy (non-hydrogen) atoms. The highest BCUT2D eigenvalue weighted by Crippen LogP contribution is 2.60. The van der Waals surface area contributed by atoms with Crippen LogP contribution in [0.3, 0.4) is 0 Å². The van der Waals surface area contributed by atoms with Gasteiger partial charge in [-0.2, -0.15) is 0 Å². The third-order valence-corrected chi connectivity index (χ3v) is 8.74. The summed E-state index contributed by atoms with van der Waals surface area (Å²) >= 11 is 0. The first-order valence-electron chi connectivity index (χ1n) is 10.4. The third kappa shape index (κ3) is 3.07. The van der Waals surface area contributed by atoms with E-state index in [4.69, 9.17) is 9.47 Å². The Morgan fingerprint density at radius 1 is 0.875 bits per heavy atom. The number of rotatable bonds is 3. The fourth-order valence-electron chi connectivity index (χ4n) is 7.12. The smallest absolute Gasteiger partial charge is 0.159 e. The zero-order valence-electron chi connectivity index (χ0n) is 16.9. The maximum absolute atomic E-state index is 5.72. The van der Waals surface area contributed by atoms with Crippen molar-refractivity contribution in [3.63, 3.8) is 0 Å². The van der Waals surface area contributed by atoms with Crippen molar-refractivity contribution in [1.82, 2.24) is 0 Å². The summed E-state index contributed by atoms with van der Waals surface area (Å²) in [6.45, 7) is 10.2. The number of ether oxygens (including phenoxy) is 2. The molecule has 140 valence electrons. The third-order valence-electron chi connectivity index (χ3n) is 8.74. The van der Waals surface area contributed by atoms with E-state index in [9.17, 15) is 0 Å². The van der Waals surface area contributed by atoms with Gasteiger partial charge in [0.15, 0.2) is 6.29 Å². The van der Waals surface area contributed by atoms with Crippen LogP contribution in [0.25, 0.3) is 0 Å². The molecule has 2 bridgehead atoms. The standard InChI is InChI=1S/C22H40O2/c1-15-8-7-12-22(4)13-11-18-17(20(23-5)24-6)10-9-16(14-19(15)22)21(18,2)3/h15-20H,7-14H2,1-6H3/t15-,16+,17-,18+,19-,22+/m1/s1. The number of methoxy groups -OCH3 is 2. The van der Waals surface area contributed by atoms with Crippen LogP contribution in [0.1, 0.15) is 79.1 Å². The highest BCUT2D eigenvalue weighted by Gasteiger charge is 2.53. The fraction of sp³-hybridized carbons (Fsp3) is 1.00. The van der Waals surface area contributed by atoms with Crippen LogP contribution < -0.4 is 0 Å². The van der Waals surface area contributed by atoms with Gasteiger partial charge in [0, 0.05) is 20.1 Å². The van der Waals surface area contributed by atoms with Gasteiger partial charge < -0.3 is 9.47 Å². The Kier molecular flexibility index (Phi) is 5.39. The van der Waals surface area contributed by atoms with E-state index in [1.54, 1.807) is 0 Å². The van der Waals surface area contributed by atoms with Crippen molar-refractivity contribution in [2.75, 3.05) is 14.2 Å². The average molecular weight is 337 g/mol. The zero-order chi connectivity index (χ0) is 17.5. The van der Waals surface area contributed by atoms with E-state index in [1.807, 2.05) is 14.2 Å². The lowest BCUT2D eigenvalue weighted by Gasteiger charge is -2.57. The molecule has 0 saturated heterocycles. The molecule has 2 heteroatoms. The van der Waals surface area contributed by atoms with Gasteiger partial charge in [0.1, 0.15) is 0 Å². The van der Waals surface area contributed by atoms with E-state index >= 15 is 0 Å². The molecule has 3 fully saturated rings. The van der Waals surface area contributed by atoms with Crippen LogP contribution in [-0.4, -0.2) is 20.5 Å². The van der Waals surface area contributed by atoms with Crippen LogP contribution in [0.4, 0.5) is 0 Å². The Morgan fingerprint density at radius 3 is 2.25 bits per heavy atom. The average Bonchev–Trinajstić information content (AvgIpc) is 2.52. The molecule has 0 heterocycles. The van der Waals surface area contributed by atoms with Gasteiger partial charge in [-0.25, -0.2) is 0 Å². The van der Waals surface area contributed by atoms with E-state index in [0.717, 1.165) is 23.7 Å². The van der Waals surface area contributed by atoms with Crippen LogP contribution in [-0.2, 0) is 9.47 Å². The molecule has 3 rings (SSSR count). The SMILES string of the molecule is COC(OC)[C@@H]1CC[C@H]2C[C@@H]3[C@H](C)CCC[C@@]3(C)CC[C@@H]1C2(C)C. The highest BCUT2D eigenvalue weighted by molar-refractivity contribution is 5.01. The van der Waals surface area contributed by atoms with Gasteiger partial charge in [-0.05, 0) is 73.0 Å². The quantitative estimate of drug-likeness (QED) is 0.597. The Balaban J connectivity index is 1.89. The maximum atomic E-state index is 5.72. The fourth-order valence-corrected chi connectivity index (χ4v) is 7.12. The van der Waals surface area contributed by atoms with Crippen molar-refractivity contribution in [3.8, 4) is 0 Å². The summed E-state index contributed by atoms with van der Waals surface area (Å²) in [6, 6.07) is 0. The van der Waals surface area contributed by atoms with Crippen LogP contribution in [0.15, 0.2) is 0 Å². The molecule has 0 N–H and O–H groups in total. The van der Waals surface area contributed by atoms with Gasteiger partial charge in [0.05, 0.1) is 0 Å². The molecule has 0 aromatic rings. The maximum Gasteiger partial charge on any atom is 0.159 e. The second-order valence-corrected chi connectivity index (χ2v) is 10.1. The summed E-state index contributed by atoms with van der Waals surface area (Å²) in [5.41, 5.74) is 0.985. The van der Waals surface area contributed by atoms with Crippen LogP contribution in [0, 0.1) is 40.4 Å². The van der Waals surface area contributed by atoms with Crippen LogP contribution in [0.2, 0.25) is 0 Å². The number of hydrogen-bond acceptors (Lipinski definition) is 2. The first-order valence-corrected chi connectivity index (χ1v) is 10.4. The molecule has 0 amide bonds. The van der Waals surface area contributed by atoms with Crippen molar-refractivity contribution in [3.05, 3.63) is 0 Å². The van der Waals surface area contributed by atoms with Gasteiger partial charge in [-0.1, -0.05) is 40.5 Å². The minimum Gasteiger partial charge on any atom is -0.356 e. The monoisotopic (exact) mass is 336 g/mol. The Labute approximate surface area is 150 Å². The van der Waals surface area contributed by atoms with E-state index in [1.165, 1.54) is 51.4 Å². The second-order valence-electron chi connectivity index (χ2n) is 10.1. The molecular weight excluding hydrogens is 296 g/mol. The highest BCUT2D eigenvalue weighted by atomic mass is 16.7. The summed E-state index contributed by atoms with van der Waals surface area (Å²) < 4.78 is 11.4. The number of fused-ring (bicyclic) bond motifs is 3. The van der Waals surface area contributed by atoms with Crippen molar-refractivity contribution in [2.24, 2.45) is 40.4 Å². The predicted molar refractivity (Wildman–Crippen MR) is 99.8 cm³/mol. The molecule has 0 unspecified atom stereocenters. The van der Waals surface area contributed by atoms with Crippen molar-refractivity contribution in [2.45, 2.75) is 85.4 Å². The molecule has 3 aliphatic rings. The number of hydrogen-bond donors (Lipinski definition) is 0. The van der Waals surface area contributed by atoms with Gasteiger partial charge in [-0.15, -0.1) is 0 Å². The van der Waals surface area contributed by atoms with E-state index < -0.39 is 0 Å². The van der Waals surface area contributed by atoms with Gasteiger partial charge in [-0.3, -0.25) is 0 Å². The second kappa shape index (κ2) is 6.91. The molecule has 0 aliphatic heterocycles. The van der Waals surface area contributed by atoms with E-state index in [0.29, 0.717) is 16.7 Å². The summed E-state index contributed by atoms with van der Waals surface area (Å²) in [7, 11) is 3.63. The van der Waals surface area contributed by atoms with E-state index in [2.05, 4.69) is 27.7 Å².